The Bertz CT molecular complexity index is 1810. The van der Waals surface area contributed by atoms with E-state index in [0.717, 1.165) is 39.3 Å². The van der Waals surface area contributed by atoms with Crippen LogP contribution in [0, 0.1) is 13.8 Å². The molecule has 1 aliphatic rings. The van der Waals surface area contributed by atoms with Gasteiger partial charge in [-0.2, -0.15) is 0 Å². The average molecular weight is 498 g/mol. The molecular weight excluding hydrogens is 474 g/mol. The van der Waals surface area contributed by atoms with Crippen molar-refractivity contribution in [1.29, 1.82) is 0 Å². The lowest BCUT2D eigenvalue weighted by Gasteiger charge is -2.30. The van der Waals surface area contributed by atoms with Crippen molar-refractivity contribution in [2.45, 2.75) is 20.0 Å². The molecule has 0 radical (unpaired) electrons. The molecule has 6 rings (SSSR count). The maximum atomic E-state index is 13.7. The smallest absolute Gasteiger partial charge is 0.331 e. The molecule has 0 amide bonds. The summed E-state index contributed by atoms with van der Waals surface area (Å²) in [5.41, 5.74) is 5.98. The van der Waals surface area contributed by atoms with Crippen molar-refractivity contribution >= 4 is 22.5 Å². The number of benzene rings is 3. The van der Waals surface area contributed by atoms with E-state index in [1.165, 1.54) is 11.6 Å². The fourth-order valence-corrected chi connectivity index (χ4v) is 5.35. The molecule has 1 aliphatic heterocycles. The summed E-state index contributed by atoms with van der Waals surface area (Å²) in [7, 11) is 3.22. The van der Waals surface area contributed by atoms with Gasteiger partial charge in [-0.15, -0.1) is 0 Å². The van der Waals surface area contributed by atoms with E-state index in [1.54, 1.807) is 11.6 Å². The summed E-state index contributed by atoms with van der Waals surface area (Å²) < 4.78 is 11.4. The van der Waals surface area contributed by atoms with Crippen LogP contribution in [0.5, 0.6) is 5.75 Å². The van der Waals surface area contributed by atoms with Crippen molar-refractivity contribution in [3.8, 4) is 22.7 Å². The molecule has 0 fully saturated rings. The molecule has 5 aromatic rings. The summed E-state index contributed by atoms with van der Waals surface area (Å²) in [6.45, 7) is 4.05. The van der Waals surface area contributed by atoms with Crippen LogP contribution >= 0.6 is 11.6 Å². The standard InChI is InChI=1S/C29H24ClN3O3/c1-16-8-11-18(12-9-16)24-23-25(31(3)29(35)32(4)28(23)34)26-27(19-6-5-7-20(30)15-19)36-22-13-10-17(2)14-21(22)33(24)26/h5-15,27H,1-4H3. The van der Waals surface area contributed by atoms with Gasteiger partial charge in [-0.3, -0.25) is 13.9 Å². The van der Waals surface area contributed by atoms with Gasteiger partial charge in [0.2, 0.25) is 0 Å². The lowest BCUT2D eigenvalue weighted by molar-refractivity contribution is 0.229. The Balaban J connectivity index is 1.87. The molecule has 0 aliphatic carbocycles. The average Bonchev–Trinajstić information content (AvgIpc) is 3.23. The third-order valence-corrected chi connectivity index (χ3v) is 7.17. The number of ether oxygens (including phenoxy) is 1. The van der Waals surface area contributed by atoms with E-state index in [4.69, 9.17) is 16.3 Å². The van der Waals surface area contributed by atoms with Crippen molar-refractivity contribution in [3.63, 3.8) is 0 Å². The summed E-state index contributed by atoms with van der Waals surface area (Å²) in [6.07, 6.45) is -0.585. The van der Waals surface area contributed by atoms with Crippen LogP contribution in [0.2, 0.25) is 5.02 Å². The highest BCUT2D eigenvalue weighted by Crippen LogP contribution is 2.47. The van der Waals surface area contributed by atoms with Crippen LogP contribution in [0.25, 0.3) is 27.8 Å². The van der Waals surface area contributed by atoms with E-state index >= 15 is 0 Å². The molecule has 3 heterocycles. The molecule has 1 atom stereocenters. The molecule has 2 aromatic heterocycles. The molecule has 6 nitrogen and oxygen atoms in total. The van der Waals surface area contributed by atoms with E-state index in [0.29, 0.717) is 21.7 Å². The lowest BCUT2D eigenvalue weighted by atomic mass is 10.0. The number of rotatable bonds is 2. The predicted molar refractivity (Wildman–Crippen MR) is 143 cm³/mol. The van der Waals surface area contributed by atoms with Crippen molar-refractivity contribution in [2.24, 2.45) is 14.1 Å². The molecule has 3 aromatic carbocycles. The Kier molecular flexibility index (Phi) is 4.99. The van der Waals surface area contributed by atoms with Gasteiger partial charge in [0.1, 0.15) is 5.75 Å². The van der Waals surface area contributed by atoms with E-state index < -0.39 is 11.8 Å². The summed E-state index contributed by atoms with van der Waals surface area (Å²) in [6, 6.07) is 21.6. The first-order chi connectivity index (χ1) is 17.3. The second-order valence-corrected chi connectivity index (χ2v) is 9.83. The van der Waals surface area contributed by atoms with Crippen LogP contribution in [-0.4, -0.2) is 13.7 Å². The summed E-state index contributed by atoms with van der Waals surface area (Å²) in [5.74, 6) is 0.688. The zero-order valence-electron chi connectivity index (χ0n) is 20.4. The highest BCUT2D eigenvalue weighted by atomic mass is 35.5. The molecule has 0 saturated heterocycles. The van der Waals surface area contributed by atoms with Gasteiger partial charge in [-0.25, -0.2) is 4.79 Å². The van der Waals surface area contributed by atoms with E-state index in [1.807, 2.05) is 80.6 Å². The van der Waals surface area contributed by atoms with Gasteiger partial charge >= 0.3 is 5.69 Å². The second-order valence-electron chi connectivity index (χ2n) is 9.39. The fraction of sp³-hybridized carbons (Fsp3) is 0.172. The first kappa shape index (κ1) is 22.4. The minimum atomic E-state index is -0.585. The normalized spacial score (nSPS) is 14.4. The van der Waals surface area contributed by atoms with Crippen LogP contribution in [0.4, 0.5) is 0 Å². The Morgan fingerprint density at radius 2 is 1.58 bits per heavy atom. The quantitative estimate of drug-likeness (QED) is 0.326. The molecular formula is C29H24ClN3O3. The molecule has 0 N–H and O–H groups in total. The van der Waals surface area contributed by atoms with Crippen LogP contribution < -0.4 is 16.0 Å². The zero-order valence-corrected chi connectivity index (χ0v) is 21.1. The number of halogens is 1. The molecule has 180 valence electrons. The van der Waals surface area contributed by atoms with Crippen molar-refractivity contribution < 1.29 is 4.74 Å². The van der Waals surface area contributed by atoms with Crippen molar-refractivity contribution in [3.05, 3.63) is 115 Å². The van der Waals surface area contributed by atoms with Gasteiger partial charge in [0, 0.05) is 19.1 Å². The van der Waals surface area contributed by atoms with Crippen LogP contribution in [0.1, 0.15) is 28.5 Å². The monoisotopic (exact) mass is 497 g/mol. The number of aryl methyl sites for hydroxylation is 3. The van der Waals surface area contributed by atoms with Gasteiger partial charge < -0.3 is 9.30 Å². The van der Waals surface area contributed by atoms with Gasteiger partial charge in [-0.1, -0.05) is 59.6 Å². The molecule has 1 unspecified atom stereocenters. The van der Waals surface area contributed by atoms with Crippen LogP contribution in [0.3, 0.4) is 0 Å². The second kappa shape index (κ2) is 8.00. The number of fused-ring (bicyclic) bond motifs is 5. The number of hydrogen-bond donors (Lipinski definition) is 0. The molecule has 7 heteroatoms. The Hall–Kier alpha value is -4.03. The summed E-state index contributed by atoms with van der Waals surface area (Å²) >= 11 is 6.38. The Labute approximate surface area is 212 Å². The van der Waals surface area contributed by atoms with Gasteiger partial charge in [0.25, 0.3) is 5.56 Å². The first-order valence-corrected chi connectivity index (χ1v) is 12.1. The highest BCUT2D eigenvalue weighted by Gasteiger charge is 2.36. The predicted octanol–water partition coefficient (Wildman–Crippen LogP) is 5.45. The molecule has 0 spiro atoms. The highest BCUT2D eigenvalue weighted by molar-refractivity contribution is 6.30. The van der Waals surface area contributed by atoms with E-state index in [9.17, 15) is 9.59 Å². The summed E-state index contributed by atoms with van der Waals surface area (Å²) in [4.78, 5) is 26.9. The minimum Gasteiger partial charge on any atom is -0.477 e. The molecule has 36 heavy (non-hydrogen) atoms. The lowest BCUT2D eigenvalue weighted by Crippen LogP contribution is -2.37. The van der Waals surface area contributed by atoms with Gasteiger partial charge in [0.05, 0.1) is 28.0 Å². The van der Waals surface area contributed by atoms with Crippen LogP contribution in [-0.2, 0) is 14.1 Å². The van der Waals surface area contributed by atoms with E-state index in [-0.39, 0.29) is 5.56 Å². The van der Waals surface area contributed by atoms with Gasteiger partial charge in [0.15, 0.2) is 6.10 Å². The third kappa shape index (κ3) is 3.18. The zero-order chi connectivity index (χ0) is 25.3. The SMILES string of the molecule is Cc1ccc(-c2c3c(=O)n(C)c(=O)n(C)c3c3n2-c2cc(C)ccc2OC3c2cccc(Cl)c2)cc1. The summed E-state index contributed by atoms with van der Waals surface area (Å²) in [5, 5.41) is 1.06. The fourth-order valence-electron chi connectivity index (χ4n) is 5.15. The van der Waals surface area contributed by atoms with Crippen molar-refractivity contribution in [1.82, 2.24) is 13.7 Å². The number of nitrogens with zero attached hydrogens (tertiary/aromatic N) is 3. The first-order valence-electron chi connectivity index (χ1n) is 11.7. The van der Waals surface area contributed by atoms with E-state index in [2.05, 4.69) is 4.57 Å². The molecule has 0 bridgehead atoms. The van der Waals surface area contributed by atoms with Crippen molar-refractivity contribution in [2.75, 3.05) is 0 Å². The maximum Gasteiger partial charge on any atom is 0.331 e. The topological polar surface area (TPSA) is 58.2 Å². The number of aromatic nitrogens is 3. The maximum absolute atomic E-state index is 13.7. The van der Waals surface area contributed by atoms with Gasteiger partial charge in [-0.05, 0) is 54.8 Å². The Morgan fingerprint density at radius 1 is 0.861 bits per heavy atom. The largest absolute Gasteiger partial charge is 0.477 e. The Morgan fingerprint density at radius 3 is 2.31 bits per heavy atom. The number of hydrogen-bond acceptors (Lipinski definition) is 3. The van der Waals surface area contributed by atoms with Crippen LogP contribution in [0.15, 0.2) is 76.3 Å². The molecule has 0 saturated carbocycles. The third-order valence-electron chi connectivity index (χ3n) is 6.93. The minimum absolute atomic E-state index is 0.343.